The molecule has 0 N–H and O–H groups in total. The van der Waals surface area contributed by atoms with E-state index in [0.717, 1.165) is 0 Å². The molecule has 2 aromatic heterocycles. The van der Waals surface area contributed by atoms with Crippen LogP contribution in [0.15, 0.2) is 35.1 Å². The van der Waals surface area contributed by atoms with Crippen molar-refractivity contribution in [3.05, 3.63) is 45.8 Å². The number of rotatable bonds is 1. The fourth-order valence-corrected chi connectivity index (χ4v) is 1.92. The third kappa shape index (κ3) is 1.60. The summed E-state index contributed by atoms with van der Waals surface area (Å²) in [5, 5.41) is 4.64. The maximum absolute atomic E-state index is 12.3. The van der Waals surface area contributed by atoms with Gasteiger partial charge in [-0.15, -0.1) is 0 Å². The number of halogens is 1. The number of benzene rings is 1. The molecular formula is C12H8ClN3O2. The third-order valence-corrected chi connectivity index (χ3v) is 2.85. The summed E-state index contributed by atoms with van der Waals surface area (Å²) >= 11 is 5.78. The Morgan fingerprint density at radius 1 is 1.28 bits per heavy atom. The predicted octanol–water partition coefficient (Wildman–Crippen LogP) is 1.90. The normalized spacial score (nSPS) is 11.0. The number of nitrogens with zero attached hydrogens (tertiary/aromatic N) is 3. The summed E-state index contributed by atoms with van der Waals surface area (Å²) in [5.74, 6) is 0.600. The molecule has 3 rings (SSSR count). The quantitative estimate of drug-likeness (QED) is 0.628. The second kappa shape index (κ2) is 3.96. The molecule has 3 aromatic rings. The zero-order chi connectivity index (χ0) is 12.7. The van der Waals surface area contributed by atoms with Gasteiger partial charge in [0, 0.05) is 0 Å². The van der Waals surface area contributed by atoms with Crippen molar-refractivity contribution in [1.29, 1.82) is 0 Å². The number of fused-ring (bicyclic) bond motifs is 2. The van der Waals surface area contributed by atoms with E-state index in [1.165, 1.54) is 4.52 Å². The van der Waals surface area contributed by atoms with Gasteiger partial charge in [-0.3, -0.25) is 4.79 Å². The minimum absolute atomic E-state index is 0.244. The summed E-state index contributed by atoms with van der Waals surface area (Å²) in [6.45, 7) is 0. The highest BCUT2D eigenvalue weighted by Crippen LogP contribution is 2.17. The second-order valence-corrected chi connectivity index (χ2v) is 4.11. The molecule has 0 spiro atoms. The topological polar surface area (TPSA) is 56.5 Å². The monoisotopic (exact) mass is 261 g/mol. The van der Waals surface area contributed by atoms with Crippen LogP contribution in [0.1, 0.15) is 0 Å². The van der Waals surface area contributed by atoms with Crippen molar-refractivity contribution in [3.63, 3.8) is 0 Å². The van der Waals surface area contributed by atoms with Crippen molar-refractivity contribution in [2.24, 2.45) is 0 Å². The van der Waals surface area contributed by atoms with Crippen LogP contribution in [0.2, 0.25) is 5.15 Å². The van der Waals surface area contributed by atoms with E-state index in [-0.39, 0.29) is 10.7 Å². The van der Waals surface area contributed by atoms with Crippen molar-refractivity contribution in [3.8, 4) is 5.75 Å². The first-order valence-corrected chi connectivity index (χ1v) is 5.60. The first-order chi connectivity index (χ1) is 8.69. The Bertz CT molecular complexity index is 813. The molecule has 0 unspecified atom stereocenters. The van der Waals surface area contributed by atoms with Gasteiger partial charge in [0.05, 0.1) is 18.0 Å². The number of hydrogen-bond acceptors (Lipinski definition) is 4. The summed E-state index contributed by atoms with van der Waals surface area (Å²) in [5.41, 5.74) is 0.795. The van der Waals surface area contributed by atoms with E-state index in [2.05, 4.69) is 10.1 Å². The van der Waals surface area contributed by atoms with Crippen molar-refractivity contribution in [1.82, 2.24) is 14.6 Å². The summed E-state index contributed by atoms with van der Waals surface area (Å²) in [7, 11) is 1.54. The molecule has 0 radical (unpaired) electrons. The number of hydrogen-bond donors (Lipinski definition) is 0. The lowest BCUT2D eigenvalue weighted by Crippen LogP contribution is -2.17. The van der Waals surface area contributed by atoms with E-state index in [1.807, 2.05) is 0 Å². The summed E-state index contributed by atoms with van der Waals surface area (Å²) < 4.78 is 6.28. The SMILES string of the molecule is COc1ccc2nc3ccc(Cl)nn3c(=O)c2c1. The zero-order valence-electron chi connectivity index (χ0n) is 9.42. The van der Waals surface area contributed by atoms with Gasteiger partial charge in [0.15, 0.2) is 5.65 Å². The van der Waals surface area contributed by atoms with Crippen LogP contribution in [0, 0.1) is 0 Å². The molecule has 6 heteroatoms. The largest absolute Gasteiger partial charge is 0.497 e. The van der Waals surface area contributed by atoms with Crippen LogP contribution in [0.5, 0.6) is 5.75 Å². The van der Waals surface area contributed by atoms with Crippen molar-refractivity contribution in [2.75, 3.05) is 7.11 Å². The third-order valence-electron chi connectivity index (χ3n) is 2.64. The second-order valence-electron chi connectivity index (χ2n) is 3.73. The molecule has 0 bridgehead atoms. The average molecular weight is 262 g/mol. The maximum atomic E-state index is 12.3. The van der Waals surface area contributed by atoms with Crippen LogP contribution >= 0.6 is 11.6 Å². The molecular weight excluding hydrogens is 254 g/mol. The van der Waals surface area contributed by atoms with E-state index in [9.17, 15) is 4.79 Å². The molecule has 2 heterocycles. The molecule has 0 aliphatic heterocycles. The Labute approximate surface area is 107 Å². The van der Waals surface area contributed by atoms with Crippen molar-refractivity contribution in [2.45, 2.75) is 0 Å². The Kier molecular flexibility index (Phi) is 2.41. The molecule has 0 saturated carbocycles. The molecule has 1 aromatic carbocycles. The summed E-state index contributed by atoms with van der Waals surface area (Å²) in [6, 6.07) is 8.39. The highest BCUT2D eigenvalue weighted by Gasteiger charge is 2.07. The standard InChI is InChI=1S/C12H8ClN3O2/c1-18-7-2-3-9-8(6-7)12(17)16-11(14-9)5-4-10(13)15-16/h2-6H,1H3. The Hall–Kier alpha value is -2.14. The first-order valence-electron chi connectivity index (χ1n) is 5.22. The number of methoxy groups -OCH3 is 1. The minimum atomic E-state index is -0.267. The van der Waals surface area contributed by atoms with Gasteiger partial charge in [-0.2, -0.15) is 9.61 Å². The van der Waals surface area contributed by atoms with Gasteiger partial charge in [-0.25, -0.2) is 4.98 Å². The van der Waals surface area contributed by atoms with Crippen LogP contribution in [0.25, 0.3) is 16.6 Å². The highest BCUT2D eigenvalue weighted by atomic mass is 35.5. The molecule has 0 saturated heterocycles. The van der Waals surface area contributed by atoms with Gasteiger partial charge >= 0.3 is 0 Å². The van der Waals surface area contributed by atoms with Crippen LogP contribution in [-0.2, 0) is 0 Å². The fourth-order valence-electron chi connectivity index (χ4n) is 1.78. The Morgan fingerprint density at radius 2 is 2.11 bits per heavy atom. The lowest BCUT2D eigenvalue weighted by Gasteiger charge is -2.04. The van der Waals surface area contributed by atoms with Crippen molar-refractivity contribution < 1.29 is 4.74 Å². The zero-order valence-corrected chi connectivity index (χ0v) is 10.2. The van der Waals surface area contributed by atoms with Crippen LogP contribution in [0.4, 0.5) is 0 Å². The van der Waals surface area contributed by atoms with Gasteiger partial charge in [0.1, 0.15) is 10.9 Å². The molecule has 0 amide bonds. The number of aromatic nitrogens is 3. The lowest BCUT2D eigenvalue weighted by atomic mass is 10.2. The first kappa shape index (κ1) is 11.0. The molecule has 0 fully saturated rings. The minimum Gasteiger partial charge on any atom is -0.497 e. The molecule has 18 heavy (non-hydrogen) atoms. The molecule has 90 valence electrons. The van der Waals surface area contributed by atoms with Gasteiger partial charge in [-0.1, -0.05) is 11.6 Å². The smallest absolute Gasteiger partial charge is 0.282 e. The van der Waals surface area contributed by atoms with E-state index in [1.54, 1.807) is 37.4 Å². The lowest BCUT2D eigenvalue weighted by molar-refractivity contribution is 0.415. The van der Waals surface area contributed by atoms with E-state index in [0.29, 0.717) is 22.3 Å². The summed E-state index contributed by atoms with van der Waals surface area (Å²) in [6.07, 6.45) is 0. The van der Waals surface area contributed by atoms with Gasteiger partial charge in [0.25, 0.3) is 5.56 Å². The average Bonchev–Trinajstić information content (AvgIpc) is 2.40. The van der Waals surface area contributed by atoms with Crippen LogP contribution in [-0.4, -0.2) is 21.7 Å². The Balaban J connectivity index is 2.49. The van der Waals surface area contributed by atoms with E-state index < -0.39 is 0 Å². The highest BCUT2D eigenvalue weighted by molar-refractivity contribution is 6.29. The van der Waals surface area contributed by atoms with Crippen LogP contribution in [0.3, 0.4) is 0 Å². The van der Waals surface area contributed by atoms with Crippen molar-refractivity contribution >= 4 is 28.2 Å². The maximum Gasteiger partial charge on any atom is 0.282 e. The van der Waals surface area contributed by atoms with Gasteiger partial charge < -0.3 is 4.74 Å². The van der Waals surface area contributed by atoms with E-state index >= 15 is 0 Å². The van der Waals surface area contributed by atoms with Crippen LogP contribution < -0.4 is 10.3 Å². The molecule has 0 aliphatic rings. The Morgan fingerprint density at radius 3 is 2.89 bits per heavy atom. The van der Waals surface area contributed by atoms with Gasteiger partial charge in [-0.05, 0) is 30.3 Å². The summed E-state index contributed by atoms with van der Waals surface area (Å²) in [4.78, 5) is 16.6. The number of ether oxygens (including phenoxy) is 1. The fraction of sp³-hybridized carbons (Fsp3) is 0.0833. The molecule has 0 aliphatic carbocycles. The molecule has 5 nitrogen and oxygen atoms in total. The molecule has 0 atom stereocenters. The van der Waals surface area contributed by atoms with E-state index in [4.69, 9.17) is 16.3 Å². The van der Waals surface area contributed by atoms with Gasteiger partial charge in [0.2, 0.25) is 0 Å². The predicted molar refractivity (Wildman–Crippen MR) is 68.3 cm³/mol.